The Morgan fingerprint density at radius 1 is 1.36 bits per heavy atom. The Morgan fingerprint density at radius 3 is 2.64 bits per heavy atom. The summed E-state index contributed by atoms with van der Waals surface area (Å²) in [5.41, 5.74) is 0.0835. The van der Waals surface area contributed by atoms with E-state index in [4.69, 9.17) is 9.47 Å². The van der Waals surface area contributed by atoms with E-state index in [0.29, 0.717) is 6.61 Å². The molecule has 0 aliphatic heterocycles. The Kier molecular flexibility index (Phi) is 6.61. The highest BCUT2D eigenvalue weighted by Gasteiger charge is 2.27. The number of rotatable bonds is 7. The van der Waals surface area contributed by atoms with Crippen molar-refractivity contribution >= 4 is 11.6 Å². The summed E-state index contributed by atoms with van der Waals surface area (Å²) in [5, 5.41) is 2.43. The minimum absolute atomic E-state index is 0.0835. The van der Waals surface area contributed by atoms with Gasteiger partial charge in [-0.1, -0.05) is 0 Å². The molecule has 1 amide bonds. The van der Waals surface area contributed by atoms with Crippen molar-refractivity contribution in [3.05, 3.63) is 24.0 Å². The molecule has 0 fully saturated rings. The summed E-state index contributed by atoms with van der Waals surface area (Å²) >= 11 is 0. The molecule has 0 heterocycles. The molecule has 0 aromatic heterocycles. The Balaban J connectivity index is 2.75. The van der Waals surface area contributed by atoms with Crippen molar-refractivity contribution in [1.29, 1.82) is 0 Å². The second-order valence-corrected chi connectivity index (χ2v) is 4.44. The van der Waals surface area contributed by atoms with E-state index in [2.05, 4.69) is 5.32 Å². The molecule has 22 heavy (non-hydrogen) atoms. The Bertz CT molecular complexity index is 505. The van der Waals surface area contributed by atoms with E-state index in [1.807, 2.05) is 0 Å². The first-order valence-corrected chi connectivity index (χ1v) is 6.64. The van der Waals surface area contributed by atoms with Gasteiger partial charge >= 0.3 is 6.18 Å². The van der Waals surface area contributed by atoms with Crippen LogP contribution in [0.2, 0.25) is 0 Å². The topological polar surface area (TPSA) is 47.6 Å². The monoisotopic (exact) mass is 323 g/mol. The fourth-order valence-electron chi connectivity index (χ4n) is 1.56. The highest BCUT2D eigenvalue weighted by atomic mass is 19.4. The van der Waals surface area contributed by atoms with Gasteiger partial charge in [0, 0.05) is 12.7 Å². The van der Waals surface area contributed by atoms with Gasteiger partial charge in [-0.05, 0) is 26.0 Å². The van der Waals surface area contributed by atoms with Crippen LogP contribution < -0.4 is 10.1 Å². The first-order valence-electron chi connectivity index (χ1n) is 6.64. The van der Waals surface area contributed by atoms with Crippen LogP contribution in [-0.2, 0) is 9.53 Å². The number of benzene rings is 1. The minimum Gasteiger partial charge on any atom is -0.491 e. The van der Waals surface area contributed by atoms with Gasteiger partial charge < -0.3 is 14.8 Å². The number of hydrogen-bond donors (Lipinski definition) is 1. The fourth-order valence-corrected chi connectivity index (χ4v) is 1.56. The summed E-state index contributed by atoms with van der Waals surface area (Å²) in [6.07, 6.45) is -6.30. The van der Waals surface area contributed by atoms with Gasteiger partial charge in [0.2, 0.25) is 0 Å². The van der Waals surface area contributed by atoms with Gasteiger partial charge in [-0.2, -0.15) is 13.2 Å². The van der Waals surface area contributed by atoms with Crippen LogP contribution in [0.3, 0.4) is 0 Å². The molecule has 0 spiro atoms. The zero-order valence-electron chi connectivity index (χ0n) is 12.2. The van der Waals surface area contributed by atoms with E-state index in [1.165, 1.54) is 13.0 Å². The quantitative estimate of drug-likeness (QED) is 0.781. The first-order chi connectivity index (χ1) is 10.2. The molecule has 124 valence electrons. The Hall–Kier alpha value is -1.83. The smallest absolute Gasteiger partial charge is 0.392 e. The predicted molar refractivity (Wildman–Crippen MR) is 72.3 cm³/mol. The van der Waals surface area contributed by atoms with E-state index < -0.39 is 37.0 Å². The lowest BCUT2D eigenvalue weighted by molar-refractivity contribution is -0.139. The molecule has 0 saturated heterocycles. The molecule has 8 heteroatoms. The average Bonchev–Trinajstić information content (AvgIpc) is 2.40. The lowest BCUT2D eigenvalue weighted by Crippen LogP contribution is -2.28. The van der Waals surface area contributed by atoms with Gasteiger partial charge in [0.1, 0.15) is 17.7 Å². The van der Waals surface area contributed by atoms with Crippen LogP contribution in [-0.4, -0.2) is 31.4 Å². The van der Waals surface area contributed by atoms with Crippen molar-refractivity contribution in [3.8, 4) is 5.75 Å². The SMILES string of the molecule is CCO[C@@H](C)C(=O)Nc1ccc(F)cc1OCCC(F)(F)F. The largest absolute Gasteiger partial charge is 0.491 e. The minimum atomic E-state index is -4.37. The molecule has 0 saturated carbocycles. The second kappa shape index (κ2) is 7.98. The van der Waals surface area contributed by atoms with E-state index in [9.17, 15) is 22.4 Å². The maximum Gasteiger partial charge on any atom is 0.392 e. The van der Waals surface area contributed by atoms with Gasteiger partial charge in [-0.3, -0.25) is 4.79 Å². The standard InChI is InChI=1S/C14H17F4NO3/c1-3-21-9(2)13(20)19-11-5-4-10(15)8-12(11)22-7-6-14(16,17)18/h4-5,8-9H,3,6-7H2,1-2H3,(H,19,20)/t9-/m0/s1. The third-order valence-electron chi connectivity index (χ3n) is 2.63. The summed E-state index contributed by atoms with van der Waals surface area (Å²) in [5.74, 6) is -1.35. The molecule has 1 aromatic rings. The summed E-state index contributed by atoms with van der Waals surface area (Å²) < 4.78 is 59.5. The summed E-state index contributed by atoms with van der Waals surface area (Å²) in [6.45, 7) is 2.89. The molecule has 1 atom stereocenters. The van der Waals surface area contributed by atoms with Gasteiger partial charge in [0.15, 0.2) is 0 Å². The number of carbonyl (C=O) groups excluding carboxylic acids is 1. The molecule has 0 aliphatic rings. The zero-order valence-corrected chi connectivity index (χ0v) is 12.2. The highest BCUT2D eigenvalue weighted by Crippen LogP contribution is 2.27. The fraction of sp³-hybridized carbons (Fsp3) is 0.500. The van der Waals surface area contributed by atoms with Crippen molar-refractivity contribution in [2.75, 3.05) is 18.5 Å². The van der Waals surface area contributed by atoms with Crippen molar-refractivity contribution < 1.29 is 31.8 Å². The third-order valence-corrected chi connectivity index (χ3v) is 2.63. The molecular formula is C14H17F4NO3. The van der Waals surface area contributed by atoms with Crippen molar-refractivity contribution in [2.45, 2.75) is 32.5 Å². The maximum atomic E-state index is 13.2. The van der Waals surface area contributed by atoms with Crippen molar-refractivity contribution in [3.63, 3.8) is 0 Å². The number of anilines is 1. The summed E-state index contributed by atoms with van der Waals surface area (Å²) in [6, 6.07) is 3.20. The highest BCUT2D eigenvalue weighted by molar-refractivity contribution is 5.95. The van der Waals surface area contributed by atoms with Gasteiger partial charge in [-0.15, -0.1) is 0 Å². The lowest BCUT2D eigenvalue weighted by atomic mass is 10.2. The molecular weight excluding hydrogens is 306 g/mol. The molecule has 0 aliphatic carbocycles. The molecule has 1 aromatic carbocycles. The molecule has 1 rings (SSSR count). The third kappa shape index (κ3) is 6.30. The Labute approximate surface area is 125 Å². The van der Waals surface area contributed by atoms with E-state index in [-0.39, 0.29) is 11.4 Å². The van der Waals surface area contributed by atoms with Gasteiger partial charge in [-0.25, -0.2) is 4.39 Å². The first kappa shape index (κ1) is 18.2. The van der Waals surface area contributed by atoms with Crippen LogP contribution in [0.5, 0.6) is 5.75 Å². The summed E-state index contributed by atoms with van der Waals surface area (Å²) in [7, 11) is 0. The molecule has 0 bridgehead atoms. The number of ether oxygens (including phenoxy) is 2. The Morgan fingerprint density at radius 2 is 2.05 bits per heavy atom. The number of amides is 1. The van der Waals surface area contributed by atoms with Crippen LogP contribution in [0, 0.1) is 5.82 Å². The van der Waals surface area contributed by atoms with E-state index in [0.717, 1.165) is 12.1 Å². The van der Waals surface area contributed by atoms with Crippen LogP contribution in [0.4, 0.5) is 23.2 Å². The number of carbonyl (C=O) groups is 1. The van der Waals surface area contributed by atoms with Gasteiger partial charge in [0.05, 0.1) is 18.7 Å². The molecule has 0 radical (unpaired) electrons. The zero-order chi connectivity index (χ0) is 16.8. The lowest BCUT2D eigenvalue weighted by Gasteiger charge is -2.16. The van der Waals surface area contributed by atoms with Crippen LogP contribution in [0.25, 0.3) is 0 Å². The van der Waals surface area contributed by atoms with Crippen LogP contribution in [0.1, 0.15) is 20.3 Å². The van der Waals surface area contributed by atoms with E-state index in [1.54, 1.807) is 6.92 Å². The van der Waals surface area contributed by atoms with Crippen LogP contribution in [0.15, 0.2) is 18.2 Å². The second-order valence-electron chi connectivity index (χ2n) is 4.44. The number of nitrogens with one attached hydrogen (secondary N) is 1. The molecule has 4 nitrogen and oxygen atoms in total. The normalized spacial score (nSPS) is 12.8. The number of hydrogen-bond acceptors (Lipinski definition) is 3. The van der Waals surface area contributed by atoms with Crippen molar-refractivity contribution in [1.82, 2.24) is 0 Å². The summed E-state index contributed by atoms with van der Waals surface area (Å²) in [4.78, 5) is 11.8. The number of alkyl halides is 3. The maximum absolute atomic E-state index is 13.2. The van der Waals surface area contributed by atoms with Crippen LogP contribution >= 0.6 is 0 Å². The molecule has 0 unspecified atom stereocenters. The predicted octanol–water partition coefficient (Wildman–Crippen LogP) is 3.52. The van der Waals surface area contributed by atoms with Crippen molar-refractivity contribution in [2.24, 2.45) is 0 Å². The average molecular weight is 323 g/mol. The van der Waals surface area contributed by atoms with Gasteiger partial charge in [0.25, 0.3) is 5.91 Å². The molecule has 1 N–H and O–H groups in total. The number of halogens is 4. The van der Waals surface area contributed by atoms with E-state index >= 15 is 0 Å².